The first-order chi connectivity index (χ1) is 46.2. The number of phosphoric acid groups is 2. The third kappa shape index (κ3) is 66.6. The number of hydrogen-bond donors (Lipinski definition) is 3. The molecule has 0 aromatic carbocycles. The van der Waals surface area contributed by atoms with Crippen LogP contribution < -0.4 is 0 Å². The summed E-state index contributed by atoms with van der Waals surface area (Å²) in [6.45, 7) is 14.2. The Balaban J connectivity index is 5.17. The highest BCUT2D eigenvalue weighted by Gasteiger charge is 2.30. The molecule has 0 aromatic heterocycles. The van der Waals surface area contributed by atoms with Gasteiger partial charge in [-0.15, -0.1) is 0 Å². The second-order valence-electron chi connectivity index (χ2n) is 28.9. The van der Waals surface area contributed by atoms with Gasteiger partial charge in [0.25, 0.3) is 0 Å². The molecule has 0 radical (unpaired) electrons. The number of hydrogen-bond acceptors (Lipinski definition) is 15. The van der Waals surface area contributed by atoms with Crippen LogP contribution in [0.4, 0.5) is 0 Å². The van der Waals surface area contributed by atoms with Crippen molar-refractivity contribution < 1.29 is 80.2 Å². The van der Waals surface area contributed by atoms with E-state index in [4.69, 9.17) is 37.0 Å². The predicted molar refractivity (Wildman–Crippen MR) is 391 cm³/mol. The molecule has 0 spiro atoms. The first kappa shape index (κ1) is 94.1. The summed E-state index contributed by atoms with van der Waals surface area (Å²) in [4.78, 5) is 72.8. The Morgan fingerprint density at radius 3 is 0.740 bits per heavy atom. The van der Waals surface area contributed by atoms with Gasteiger partial charge in [-0.05, 0) is 49.4 Å². The lowest BCUT2D eigenvalue weighted by Crippen LogP contribution is -2.30. The average molecular weight is 1410 g/mol. The lowest BCUT2D eigenvalue weighted by atomic mass is 9.99. The van der Waals surface area contributed by atoms with E-state index in [1.54, 1.807) is 0 Å². The summed E-state index contributed by atoms with van der Waals surface area (Å²) in [5, 5.41) is 10.6. The molecule has 8 atom stereocenters. The van der Waals surface area contributed by atoms with Gasteiger partial charge in [0.15, 0.2) is 12.2 Å². The SMILES string of the molecule is CCC(C)CCCCCCCCCCCCCCCCCCCCC(=O)OC[C@H](COP(=O)(O)OC[C@@H](O)COP(=O)(O)OC[C@@H](COC(=O)CCCCCCCCC(C)CC)OC(=O)CCCCCCCCC(C)CC)OC(=O)CCCCCCCCCCCCCC(C)C. The zero-order valence-electron chi connectivity index (χ0n) is 63.0. The lowest BCUT2D eigenvalue weighted by molar-refractivity contribution is -0.161. The molecule has 0 fully saturated rings. The number of carbonyl (C=O) groups is 4. The number of rotatable bonds is 74. The summed E-state index contributed by atoms with van der Waals surface area (Å²) in [5.41, 5.74) is 0. The van der Waals surface area contributed by atoms with E-state index in [1.165, 1.54) is 186 Å². The van der Waals surface area contributed by atoms with E-state index in [9.17, 15) is 43.2 Å². The van der Waals surface area contributed by atoms with Crippen LogP contribution in [0.15, 0.2) is 0 Å². The molecular weight excluding hydrogens is 1260 g/mol. The number of ether oxygens (including phenoxy) is 4. The van der Waals surface area contributed by atoms with Gasteiger partial charge in [-0.1, -0.05) is 338 Å². The van der Waals surface area contributed by atoms with Crippen LogP contribution >= 0.6 is 15.6 Å². The maximum atomic E-state index is 13.1. The molecule has 0 heterocycles. The van der Waals surface area contributed by atoms with Gasteiger partial charge in [0, 0.05) is 25.7 Å². The van der Waals surface area contributed by atoms with Crippen LogP contribution in [-0.2, 0) is 65.4 Å². The van der Waals surface area contributed by atoms with Crippen LogP contribution in [-0.4, -0.2) is 96.7 Å². The highest BCUT2D eigenvalue weighted by molar-refractivity contribution is 7.47. The van der Waals surface area contributed by atoms with E-state index >= 15 is 0 Å². The molecule has 17 nitrogen and oxygen atoms in total. The van der Waals surface area contributed by atoms with Crippen molar-refractivity contribution >= 4 is 39.5 Å². The Labute approximate surface area is 588 Å². The minimum atomic E-state index is -4.96. The Morgan fingerprint density at radius 2 is 0.500 bits per heavy atom. The van der Waals surface area contributed by atoms with Gasteiger partial charge in [-0.3, -0.25) is 37.3 Å². The first-order valence-corrected chi connectivity index (χ1v) is 42.8. The summed E-state index contributed by atoms with van der Waals surface area (Å²) in [7, 11) is -9.91. The summed E-state index contributed by atoms with van der Waals surface area (Å²) in [6, 6.07) is 0. The molecule has 19 heteroatoms. The van der Waals surface area contributed by atoms with Crippen molar-refractivity contribution in [3.05, 3.63) is 0 Å². The number of unbranched alkanes of at least 4 members (excludes halogenated alkanes) is 37. The van der Waals surface area contributed by atoms with E-state index in [-0.39, 0.29) is 25.7 Å². The minimum absolute atomic E-state index is 0.102. The van der Waals surface area contributed by atoms with E-state index in [0.29, 0.717) is 25.7 Å². The number of phosphoric ester groups is 2. The number of carbonyl (C=O) groups excluding carboxylic acids is 4. The molecular formula is C77H150O17P2. The third-order valence-corrected chi connectivity index (χ3v) is 20.8. The van der Waals surface area contributed by atoms with Crippen LogP contribution in [0, 0.1) is 23.7 Å². The van der Waals surface area contributed by atoms with Gasteiger partial charge >= 0.3 is 39.5 Å². The molecule has 0 saturated carbocycles. The third-order valence-electron chi connectivity index (χ3n) is 18.9. The zero-order valence-corrected chi connectivity index (χ0v) is 64.8. The second kappa shape index (κ2) is 66.3. The molecule has 5 unspecified atom stereocenters. The highest BCUT2D eigenvalue weighted by Crippen LogP contribution is 2.45. The van der Waals surface area contributed by atoms with Crippen molar-refractivity contribution in [1.29, 1.82) is 0 Å². The Hall–Kier alpha value is -1.94. The lowest BCUT2D eigenvalue weighted by Gasteiger charge is -2.21. The quantitative estimate of drug-likeness (QED) is 0.0222. The molecule has 570 valence electrons. The van der Waals surface area contributed by atoms with Gasteiger partial charge in [0.05, 0.1) is 26.4 Å². The van der Waals surface area contributed by atoms with Crippen molar-refractivity contribution in [1.82, 2.24) is 0 Å². The average Bonchev–Trinajstić information content (AvgIpc) is 1.82. The van der Waals surface area contributed by atoms with Gasteiger partial charge in [-0.25, -0.2) is 9.13 Å². The molecule has 0 aromatic rings. The molecule has 0 bridgehead atoms. The molecule has 0 aliphatic carbocycles. The topological polar surface area (TPSA) is 237 Å². The summed E-state index contributed by atoms with van der Waals surface area (Å²) < 4.78 is 68.5. The van der Waals surface area contributed by atoms with E-state index in [2.05, 4.69) is 55.4 Å². The number of aliphatic hydroxyl groups excluding tert-OH is 1. The maximum Gasteiger partial charge on any atom is 0.472 e. The van der Waals surface area contributed by atoms with Gasteiger partial charge < -0.3 is 33.8 Å². The first-order valence-electron chi connectivity index (χ1n) is 39.8. The van der Waals surface area contributed by atoms with E-state index < -0.39 is 97.5 Å². The van der Waals surface area contributed by atoms with Crippen molar-refractivity contribution in [2.45, 2.75) is 408 Å². The fourth-order valence-corrected chi connectivity index (χ4v) is 13.2. The molecule has 3 N–H and O–H groups in total. The molecule has 0 aliphatic rings. The maximum absolute atomic E-state index is 13.1. The van der Waals surface area contributed by atoms with Crippen LogP contribution in [0.5, 0.6) is 0 Å². The Bertz CT molecular complexity index is 1890. The van der Waals surface area contributed by atoms with Gasteiger partial charge in [0.1, 0.15) is 19.3 Å². The predicted octanol–water partition coefficient (Wildman–Crippen LogP) is 22.4. The summed E-state index contributed by atoms with van der Waals surface area (Å²) >= 11 is 0. The monoisotopic (exact) mass is 1410 g/mol. The minimum Gasteiger partial charge on any atom is -0.462 e. The Morgan fingerprint density at radius 1 is 0.292 bits per heavy atom. The summed E-state index contributed by atoms with van der Waals surface area (Å²) in [5.74, 6) is 0.965. The highest BCUT2D eigenvalue weighted by atomic mass is 31.2. The largest absolute Gasteiger partial charge is 0.472 e. The molecule has 0 saturated heterocycles. The van der Waals surface area contributed by atoms with Crippen LogP contribution in [0.25, 0.3) is 0 Å². The van der Waals surface area contributed by atoms with Gasteiger partial charge in [0.2, 0.25) is 0 Å². The van der Waals surface area contributed by atoms with Crippen molar-refractivity contribution in [3.8, 4) is 0 Å². The van der Waals surface area contributed by atoms with Crippen molar-refractivity contribution in [3.63, 3.8) is 0 Å². The molecule has 0 amide bonds. The number of aliphatic hydroxyl groups is 1. The van der Waals surface area contributed by atoms with E-state index in [1.807, 2.05) is 0 Å². The normalized spacial score (nSPS) is 15.0. The van der Waals surface area contributed by atoms with Gasteiger partial charge in [-0.2, -0.15) is 0 Å². The molecule has 96 heavy (non-hydrogen) atoms. The van der Waals surface area contributed by atoms with Crippen LogP contribution in [0.3, 0.4) is 0 Å². The second-order valence-corrected chi connectivity index (χ2v) is 31.9. The summed E-state index contributed by atoms with van der Waals surface area (Å²) in [6.07, 6.45) is 51.5. The van der Waals surface area contributed by atoms with Crippen LogP contribution in [0.2, 0.25) is 0 Å². The standard InChI is InChI=1S/C77H150O17P2/c1-9-68(6)54-46-38-30-26-22-18-16-14-12-13-15-17-19-23-27-31-41-49-57-74(79)87-63-72(93-76(81)59-51-43-32-28-24-20-21-25-29-37-45-53-67(4)5)65-91-95(83,84)89-61-71(78)62-90-96(85,86)92-66-73(94-77(82)60-52-44-36-34-40-48-56-70(8)11-3)64-88-75(80)58-50-42-35-33-39-47-55-69(7)10-2/h67-73,78H,9-66H2,1-8H3,(H,83,84)(H,85,86)/t68?,69?,70?,71-,72-,73-/m1/s1. The number of esters is 4. The fraction of sp³-hybridized carbons (Fsp3) is 0.948. The smallest absolute Gasteiger partial charge is 0.462 e. The van der Waals surface area contributed by atoms with Crippen LogP contribution in [0.1, 0.15) is 389 Å². The molecule has 0 aliphatic heterocycles. The Kier molecular flexibility index (Phi) is 65.0. The zero-order chi connectivity index (χ0) is 71.0. The van der Waals surface area contributed by atoms with Crippen molar-refractivity contribution in [2.75, 3.05) is 39.6 Å². The van der Waals surface area contributed by atoms with E-state index in [0.717, 1.165) is 120 Å². The molecule has 0 rings (SSSR count). The fourth-order valence-electron chi connectivity index (χ4n) is 11.6. The van der Waals surface area contributed by atoms with Crippen molar-refractivity contribution in [2.24, 2.45) is 23.7 Å².